The first kappa shape index (κ1) is 19.6. The number of carbonyl (C=O) groups is 1. The van der Waals surface area contributed by atoms with Gasteiger partial charge in [-0.1, -0.05) is 18.2 Å². The van der Waals surface area contributed by atoms with E-state index in [0.717, 1.165) is 55.0 Å². The number of fused-ring (bicyclic) bond motifs is 1. The van der Waals surface area contributed by atoms with Crippen molar-refractivity contribution in [3.63, 3.8) is 0 Å². The first-order valence-corrected chi connectivity index (χ1v) is 10.0. The number of amides is 1. The summed E-state index contributed by atoms with van der Waals surface area (Å²) in [5.74, 6) is -1.33. The molecule has 1 aromatic heterocycles. The number of piperidine rings is 1. The summed E-state index contributed by atoms with van der Waals surface area (Å²) < 4.78 is 29.2. The van der Waals surface area contributed by atoms with Crippen LogP contribution in [0.2, 0.25) is 0 Å². The van der Waals surface area contributed by atoms with Crippen LogP contribution in [0.1, 0.15) is 30.0 Å². The van der Waals surface area contributed by atoms with Crippen molar-refractivity contribution < 1.29 is 13.6 Å². The number of hydrogen-bond acceptors (Lipinski definition) is 2. The Kier molecular flexibility index (Phi) is 5.62. The van der Waals surface area contributed by atoms with Crippen molar-refractivity contribution in [3.05, 3.63) is 71.4 Å². The smallest absolute Gasteiger partial charge is 0.221 e. The molecule has 1 amide bonds. The van der Waals surface area contributed by atoms with E-state index in [1.165, 1.54) is 12.1 Å². The highest BCUT2D eigenvalue weighted by atomic mass is 19.1. The molecule has 0 atom stereocenters. The number of nitrogens with two attached hydrogens (primary N) is 1. The Morgan fingerprint density at radius 2 is 1.86 bits per heavy atom. The summed E-state index contributed by atoms with van der Waals surface area (Å²) in [5, 5.41) is 1.16. The predicted octanol–water partition coefficient (Wildman–Crippen LogP) is 3.83. The lowest BCUT2D eigenvalue weighted by atomic mass is 10.0. The molecule has 0 unspecified atom stereocenters. The minimum Gasteiger partial charge on any atom is -0.369 e. The van der Waals surface area contributed by atoms with Gasteiger partial charge in [0.15, 0.2) is 0 Å². The van der Waals surface area contributed by atoms with E-state index in [9.17, 15) is 13.6 Å². The molecule has 4 rings (SSSR count). The SMILES string of the molecule is NC(=O)Cc1ccc2ccn(C3CCN(CCc4ccc(F)cc4F)CC3)c2c1. The van der Waals surface area contributed by atoms with Gasteiger partial charge in [-0.3, -0.25) is 4.79 Å². The third kappa shape index (κ3) is 4.48. The maximum absolute atomic E-state index is 13.8. The molecule has 0 saturated carbocycles. The fraction of sp³-hybridized carbons (Fsp3) is 0.348. The lowest BCUT2D eigenvalue weighted by Gasteiger charge is -2.33. The Morgan fingerprint density at radius 1 is 1.07 bits per heavy atom. The van der Waals surface area contributed by atoms with Crippen LogP contribution in [0.3, 0.4) is 0 Å². The van der Waals surface area contributed by atoms with Gasteiger partial charge in [-0.05, 0) is 54.0 Å². The monoisotopic (exact) mass is 397 g/mol. The van der Waals surface area contributed by atoms with Crippen molar-refractivity contribution in [2.45, 2.75) is 31.7 Å². The maximum atomic E-state index is 13.8. The zero-order valence-electron chi connectivity index (χ0n) is 16.3. The molecule has 1 aliphatic rings. The summed E-state index contributed by atoms with van der Waals surface area (Å²) in [7, 11) is 0. The first-order chi connectivity index (χ1) is 14.0. The van der Waals surface area contributed by atoms with E-state index in [4.69, 9.17) is 5.73 Å². The number of benzene rings is 2. The number of primary amides is 1. The van der Waals surface area contributed by atoms with Crippen LogP contribution in [0.4, 0.5) is 8.78 Å². The number of nitrogens with zero attached hydrogens (tertiary/aromatic N) is 2. The highest BCUT2D eigenvalue weighted by molar-refractivity contribution is 5.83. The summed E-state index contributed by atoms with van der Waals surface area (Å²) in [5.41, 5.74) is 7.96. The van der Waals surface area contributed by atoms with Gasteiger partial charge in [-0.15, -0.1) is 0 Å². The molecule has 29 heavy (non-hydrogen) atoms. The van der Waals surface area contributed by atoms with Crippen LogP contribution in [0, 0.1) is 11.6 Å². The minimum absolute atomic E-state index is 0.250. The first-order valence-electron chi connectivity index (χ1n) is 10.0. The zero-order valence-corrected chi connectivity index (χ0v) is 16.3. The van der Waals surface area contributed by atoms with Crippen molar-refractivity contribution in [2.75, 3.05) is 19.6 Å². The van der Waals surface area contributed by atoms with Gasteiger partial charge in [0.25, 0.3) is 0 Å². The third-order valence-corrected chi connectivity index (χ3v) is 5.83. The van der Waals surface area contributed by atoms with Crippen LogP contribution in [0.15, 0.2) is 48.7 Å². The van der Waals surface area contributed by atoms with Gasteiger partial charge in [0.05, 0.1) is 6.42 Å². The van der Waals surface area contributed by atoms with Crippen molar-refractivity contribution in [2.24, 2.45) is 5.73 Å². The number of hydrogen-bond donors (Lipinski definition) is 1. The van der Waals surface area contributed by atoms with Crippen LogP contribution in [0.5, 0.6) is 0 Å². The summed E-state index contributed by atoms with van der Waals surface area (Å²) >= 11 is 0. The van der Waals surface area contributed by atoms with Gasteiger partial charge in [0, 0.05) is 43.5 Å². The second-order valence-electron chi connectivity index (χ2n) is 7.82. The van der Waals surface area contributed by atoms with Crippen LogP contribution >= 0.6 is 0 Å². The van der Waals surface area contributed by atoms with Crippen LogP contribution in [-0.4, -0.2) is 35.0 Å². The Morgan fingerprint density at radius 3 is 2.59 bits per heavy atom. The fourth-order valence-corrected chi connectivity index (χ4v) is 4.25. The third-order valence-electron chi connectivity index (χ3n) is 5.83. The van der Waals surface area contributed by atoms with E-state index >= 15 is 0 Å². The largest absolute Gasteiger partial charge is 0.369 e. The molecule has 4 nitrogen and oxygen atoms in total. The highest BCUT2D eigenvalue weighted by Crippen LogP contribution is 2.28. The van der Waals surface area contributed by atoms with Gasteiger partial charge in [0.1, 0.15) is 11.6 Å². The average molecular weight is 397 g/mol. The molecule has 3 aromatic rings. The normalized spacial score (nSPS) is 15.8. The van der Waals surface area contributed by atoms with Gasteiger partial charge in [-0.25, -0.2) is 8.78 Å². The molecule has 1 saturated heterocycles. The second kappa shape index (κ2) is 8.33. The van der Waals surface area contributed by atoms with Crippen molar-refractivity contribution in [1.82, 2.24) is 9.47 Å². The molecular formula is C23H25F2N3O. The number of likely N-dealkylation sites (tertiary alicyclic amines) is 1. The van der Waals surface area contributed by atoms with Gasteiger partial charge in [-0.2, -0.15) is 0 Å². The van der Waals surface area contributed by atoms with Gasteiger partial charge >= 0.3 is 0 Å². The van der Waals surface area contributed by atoms with Crippen molar-refractivity contribution in [3.8, 4) is 0 Å². The van der Waals surface area contributed by atoms with E-state index in [2.05, 4.69) is 27.8 Å². The van der Waals surface area contributed by atoms with Gasteiger partial charge < -0.3 is 15.2 Å². The Bertz CT molecular complexity index is 1020. The average Bonchev–Trinajstić information content (AvgIpc) is 3.10. The molecule has 0 aliphatic carbocycles. The van der Waals surface area contributed by atoms with Crippen LogP contribution in [0.25, 0.3) is 10.9 Å². The molecule has 2 heterocycles. The van der Waals surface area contributed by atoms with E-state index in [1.807, 2.05) is 12.1 Å². The molecule has 1 fully saturated rings. The molecule has 0 radical (unpaired) electrons. The van der Waals surface area contributed by atoms with Crippen molar-refractivity contribution >= 4 is 16.8 Å². The number of aromatic nitrogens is 1. The van der Waals surface area contributed by atoms with E-state index < -0.39 is 11.6 Å². The lowest BCUT2D eigenvalue weighted by Crippen LogP contribution is -2.35. The summed E-state index contributed by atoms with van der Waals surface area (Å²) in [6, 6.07) is 12.4. The van der Waals surface area contributed by atoms with Crippen LogP contribution in [-0.2, 0) is 17.6 Å². The van der Waals surface area contributed by atoms with Gasteiger partial charge in [0.2, 0.25) is 5.91 Å². The van der Waals surface area contributed by atoms with Crippen molar-refractivity contribution in [1.29, 1.82) is 0 Å². The lowest BCUT2D eigenvalue weighted by molar-refractivity contribution is -0.117. The zero-order chi connectivity index (χ0) is 20.4. The minimum atomic E-state index is -0.537. The number of carbonyl (C=O) groups excluding carboxylic acids is 1. The number of rotatable bonds is 6. The maximum Gasteiger partial charge on any atom is 0.221 e. The van der Waals surface area contributed by atoms with E-state index in [-0.39, 0.29) is 12.3 Å². The molecule has 2 aromatic carbocycles. The van der Waals surface area contributed by atoms with E-state index in [1.54, 1.807) is 0 Å². The van der Waals surface area contributed by atoms with E-state index in [0.29, 0.717) is 18.0 Å². The molecule has 0 bridgehead atoms. The summed E-state index contributed by atoms with van der Waals surface area (Å²) in [6.45, 7) is 2.65. The standard InChI is InChI=1S/C23H25F2N3O/c24-19-4-3-17(21(25)15-19)5-9-27-10-7-20(8-11-27)28-12-6-18-2-1-16(13-22(18)28)14-23(26)29/h1-4,6,12-13,15,20H,5,7-11,14H2,(H2,26,29). The Balaban J connectivity index is 1.38. The molecule has 152 valence electrons. The quantitative estimate of drug-likeness (QED) is 0.687. The highest BCUT2D eigenvalue weighted by Gasteiger charge is 2.21. The second-order valence-corrected chi connectivity index (χ2v) is 7.82. The molecular weight excluding hydrogens is 372 g/mol. The van der Waals surface area contributed by atoms with Crippen LogP contribution < -0.4 is 5.73 Å². The Hall–Kier alpha value is -2.73. The summed E-state index contributed by atoms with van der Waals surface area (Å²) in [6.07, 6.45) is 4.97. The Labute approximate surface area is 168 Å². The summed E-state index contributed by atoms with van der Waals surface area (Å²) in [4.78, 5) is 13.6. The molecule has 6 heteroatoms. The topological polar surface area (TPSA) is 51.3 Å². The molecule has 1 aliphatic heterocycles. The molecule has 0 spiro atoms. The fourth-order valence-electron chi connectivity index (χ4n) is 4.25. The molecule has 2 N–H and O–H groups in total. The predicted molar refractivity (Wildman–Crippen MR) is 110 cm³/mol. The number of halogens is 2.